The van der Waals surface area contributed by atoms with Gasteiger partial charge in [0.15, 0.2) is 0 Å². The van der Waals surface area contributed by atoms with Gasteiger partial charge in [0.05, 0.1) is 5.92 Å². The Morgan fingerprint density at radius 1 is 1.06 bits per heavy atom. The molecule has 0 saturated heterocycles. The zero-order chi connectivity index (χ0) is 23.3. The van der Waals surface area contributed by atoms with Gasteiger partial charge in [0, 0.05) is 18.8 Å². The molecule has 1 aromatic rings. The third-order valence-corrected chi connectivity index (χ3v) is 6.09. The van der Waals surface area contributed by atoms with Gasteiger partial charge in [0.25, 0.3) is 0 Å². The quantitative estimate of drug-likeness (QED) is 0.334. The minimum atomic E-state index is -1.04. The zero-order valence-corrected chi connectivity index (χ0v) is 19.5. The van der Waals surface area contributed by atoms with E-state index in [-0.39, 0.29) is 25.1 Å². The Bertz CT molecular complexity index is 726. The molecule has 1 aliphatic carbocycles. The van der Waals surface area contributed by atoms with E-state index in [2.05, 4.69) is 6.92 Å². The van der Waals surface area contributed by atoms with Crippen molar-refractivity contribution in [1.29, 1.82) is 0 Å². The molecule has 2 unspecified atom stereocenters. The summed E-state index contributed by atoms with van der Waals surface area (Å²) in [6, 6.07) is 7.70. The second-order valence-electron chi connectivity index (χ2n) is 8.85. The first-order chi connectivity index (χ1) is 15.4. The standard InChI is InChI=1S/C26H38O6/c1-3-4-5-6-7-11-25(29)31-17-23(27)18-32-26(30)19(2)21-14-12-20(13-15-21)16-22-9-8-10-24(22)28/h12-15,19,22-23,27H,3-11,16-18H2,1-2H3/t19?,22?,23-/m0/s1. The largest absolute Gasteiger partial charge is 0.463 e. The Labute approximate surface area is 191 Å². The van der Waals surface area contributed by atoms with Gasteiger partial charge in [-0.2, -0.15) is 0 Å². The summed E-state index contributed by atoms with van der Waals surface area (Å²) in [7, 11) is 0. The molecule has 1 fully saturated rings. The number of hydrogen-bond donors (Lipinski definition) is 1. The highest BCUT2D eigenvalue weighted by molar-refractivity contribution is 5.83. The first kappa shape index (κ1) is 26.0. The first-order valence-electron chi connectivity index (χ1n) is 12.0. The fraction of sp³-hybridized carbons (Fsp3) is 0.654. The van der Waals surface area contributed by atoms with E-state index in [9.17, 15) is 19.5 Å². The molecule has 1 saturated carbocycles. The first-order valence-corrected chi connectivity index (χ1v) is 12.0. The van der Waals surface area contributed by atoms with Crippen molar-refractivity contribution in [2.24, 2.45) is 5.92 Å². The van der Waals surface area contributed by atoms with Crippen LogP contribution in [0.3, 0.4) is 0 Å². The van der Waals surface area contributed by atoms with Gasteiger partial charge >= 0.3 is 11.9 Å². The summed E-state index contributed by atoms with van der Waals surface area (Å²) in [5, 5.41) is 9.95. The van der Waals surface area contributed by atoms with E-state index in [0.717, 1.165) is 56.1 Å². The highest BCUT2D eigenvalue weighted by atomic mass is 16.6. The van der Waals surface area contributed by atoms with Crippen molar-refractivity contribution in [2.45, 2.75) is 90.1 Å². The van der Waals surface area contributed by atoms with Crippen molar-refractivity contribution in [3.05, 3.63) is 35.4 Å². The predicted molar refractivity (Wildman–Crippen MR) is 122 cm³/mol. The Morgan fingerprint density at radius 3 is 2.41 bits per heavy atom. The minimum Gasteiger partial charge on any atom is -0.463 e. The number of carbonyl (C=O) groups is 3. The van der Waals surface area contributed by atoms with Gasteiger partial charge in [0.1, 0.15) is 25.1 Å². The molecule has 0 heterocycles. The van der Waals surface area contributed by atoms with E-state index < -0.39 is 18.0 Å². The topological polar surface area (TPSA) is 89.9 Å². The number of carbonyl (C=O) groups excluding carboxylic acids is 3. The van der Waals surface area contributed by atoms with Crippen LogP contribution in [0.15, 0.2) is 24.3 Å². The van der Waals surface area contributed by atoms with Crippen molar-refractivity contribution in [3.8, 4) is 0 Å². The monoisotopic (exact) mass is 446 g/mol. The molecule has 0 aromatic heterocycles. The molecule has 3 atom stereocenters. The Balaban J connectivity index is 1.66. The molecule has 32 heavy (non-hydrogen) atoms. The van der Waals surface area contributed by atoms with Crippen LogP contribution in [0.2, 0.25) is 0 Å². The van der Waals surface area contributed by atoms with Crippen molar-refractivity contribution in [2.75, 3.05) is 13.2 Å². The highest BCUT2D eigenvalue weighted by Gasteiger charge is 2.24. The summed E-state index contributed by atoms with van der Waals surface area (Å²) in [6.07, 6.45) is 7.91. The summed E-state index contributed by atoms with van der Waals surface area (Å²) in [5.74, 6) is -0.776. The minimum absolute atomic E-state index is 0.125. The maximum absolute atomic E-state index is 12.3. The number of ketones is 1. The normalized spacial score (nSPS) is 17.7. The maximum Gasteiger partial charge on any atom is 0.313 e. The molecule has 1 aromatic carbocycles. The third kappa shape index (κ3) is 9.11. The lowest BCUT2D eigenvalue weighted by atomic mass is 9.94. The van der Waals surface area contributed by atoms with Gasteiger partial charge < -0.3 is 14.6 Å². The second kappa shape index (κ2) is 14.0. The van der Waals surface area contributed by atoms with Crippen LogP contribution < -0.4 is 0 Å². The molecule has 0 bridgehead atoms. The molecule has 0 spiro atoms. The van der Waals surface area contributed by atoms with Crippen LogP contribution in [-0.2, 0) is 30.3 Å². The van der Waals surface area contributed by atoms with E-state index in [1.807, 2.05) is 24.3 Å². The summed E-state index contributed by atoms with van der Waals surface area (Å²) >= 11 is 0. The molecule has 178 valence electrons. The highest BCUT2D eigenvalue weighted by Crippen LogP contribution is 2.26. The summed E-state index contributed by atoms with van der Waals surface area (Å²) in [4.78, 5) is 35.9. The van der Waals surface area contributed by atoms with Crippen molar-refractivity contribution in [1.82, 2.24) is 0 Å². The van der Waals surface area contributed by atoms with Crippen LogP contribution in [0, 0.1) is 5.92 Å². The fourth-order valence-corrected chi connectivity index (χ4v) is 3.95. The number of benzene rings is 1. The smallest absolute Gasteiger partial charge is 0.313 e. The molecular weight excluding hydrogens is 408 g/mol. The van der Waals surface area contributed by atoms with Gasteiger partial charge in [-0.3, -0.25) is 14.4 Å². The average molecular weight is 447 g/mol. The van der Waals surface area contributed by atoms with Gasteiger partial charge in [-0.1, -0.05) is 56.9 Å². The fourth-order valence-electron chi connectivity index (χ4n) is 3.95. The molecule has 6 nitrogen and oxygen atoms in total. The van der Waals surface area contributed by atoms with Crippen molar-refractivity contribution < 1.29 is 29.0 Å². The molecule has 6 heteroatoms. The van der Waals surface area contributed by atoms with Crippen LogP contribution in [-0.4, -0.2) is 42.1 Å². The number of unbranched alkanes of at least 4 members (excludes halogenated alkanes) is 4. The van der Waals surface area contributed by atoms with E-state index in [1.54, 1.807) is 6.92 Å². The number of esters is 2. The predicted octanol–water partition coefficient (Wildman–Crippen LogP) is 4.51. The Kier molecular flexibility index (Phi) is 11.4. The van der Waals surface area contributed by atoms with Gasteiger partial charge in [0.2, 0.25) is 0 Å². The molecule has 0 amide bonds. The van der Waals surface area contributed by atoms with Crippen molar-refractivity contribution in [3.63, 3.8) is 0 Å². The number of hydrogen-bond acceptors (Lipinski definition) is 6. The number of Topliss-reactive ketones (excluding diaryl/α,β-unsaturated/α-hetero) is 1. The van der Waals surface area contributed by atoms with E-state index in [0.29, 0.717) is 18.6 Å². The third-order valence-electron chi connectivity index (χ3n) is 6.09. The van der Waals surface area contributed by atoms with Crippen LogP contribution >= 0.6 is 0 Å². The maximum atomic E-state index is 12.3. The van der Waals surface area contributed by atoms with E-state index in [4.69, 9.17) is 9.47 Å². The second-order valence-corrected chi connectivity index (χ2v) is 8.85. The zero-order valence-electron chi connectivity index (χ0n) is 19.5. The molecule has 1 aliphatic rings. The van der Waals surface area contributed by atoms with E-state index in [1.165, 1.54) is 6.42 Å². The summed E-state index contributed by atoms with van der Waals surface area (Å²) < 4.78 is 10.3. The summed E-state index contributed by atoms with van der Waals surface area (Å²) in [5.41, 5.74) is 1.91. The summed E-state index contributed by atoms with van der Waals surface area (Å²) in [6.45, 7) is 3.50. The lowest BCUT2D eigenvalue weighted by molar-refractivity contribution is -0.153. The van der Waals surface area contributed by atoms with Gasteiger partial charge in [-0.15, -0.1) is 0 Å². The van der Waals surface area contributed by atoms with Gasteiger partial charge in [-0.05, 0) is 43.7 Å². The number of aliphatic hydroxyl groups excluding tert-OH is 1. The van der Waals surface area contributed by atoms with Crippen LogP contribution in [0.1, 0.15) is 88.7 Å². The lowest BCUT2D eigenvalue weighted by Gasteiger charge is -2.16. The van der Waals surface area contributed by atoms with Gasteiger partial charge in [-0.25, -0.2) is 0 Å². The molecule has 0 aliphatic heterocycles. The molecule has 1 N–H and O–H groups in total. The van der Waals surface area contributed by atoms with Crippen LogP contribution in [0.4, 0.5) is 0 Å². The molecular formula is C26H38O6. The van der Waals surface area contributed by atoms with Crippen LogP contribution in [0.25, 0.3) is 0 Å². The molecule has 2 rings (SSSR count). The SMILES string of the molecule is CCCCCCCC(=O)OC[C@H](O)COC(=O)C(C)c1ccc(CC2CCCC2=O)cc1. The van der Waals surface area contributed by atoms with E-state index >= 15 is 0 Å². The Hall–Kier alpha value is -2.21. The Morgan fingerprint density at radius 2 is 1.75 bits per heavy atom. The van der Waals surface area contributed by atoms with Crippen molar-refractivity contribution >= 4 is 17.7 Å². The lowest BCUT2D eigenvalue weighted by Crippen LogP contribution is -2.26. The molecule has 0 radical (unpaired) electrons. The van der Waals surface area contributed by atoms with Crippen LogP contribution in [0.5, 0.6) is 0 Å². The number of aliphatic hydroxyl groups is 1. The average Bonchev–Trinajstić information content (AvgIpc) is 3.20. The number of rotatable bonds is 14. The number of ether oxygens (including phenoxy) is 2.